The Hall–Kier alpha value is -2.10. The number of Topliss-reactive ketones (excluding diaryl/α,β-unsaturated/α-hetero) is 1. The van der Waals surface area contributed by atoms with Crippen LogP contribution in [0.5, 0.6) is 0 Å². The summed E-state index contributed by atoms with van der Waals surface area (Å²) < 4.78 is 40.0. The molecule has 1 aliphatic carbocycles. The van der Waals surface area contributed by atoms with E-state index < -0.39 is 17.5 Å². The molecule has 0 atom stereocenters. The average Bonchev–Trinajstić information content (AvgIpc) is 2.76. The fourth-order valence-corrected chi connectivity index (χ4v) is 2.47. The van der Waals surface area contributed by atoms with Gasteiger partial charge in [-0.15, -0.1) is 0 Å². The highest BCUT2D eigenvalue weighted by molar-refractivity contribution is 6.02. The number of carbonyl (C=O) groups is 1. The molecule has 2 aromatic rings. The van der Waals surface area contributed by atoms with Crippen molar-refractivity contribution in [2.24, 2.45) is 0 Å². The molecule has 4 heteroatoms. The lowest BCUT2D eigenvalue weighted by atomic mass is 9.96. The second-order valence-electron chi connectivity index (χ2n) is 4.50. The van der Waals surface area contributed by atoms with Crippen LogP contribution in [0.2, 0.25) is 0 Å². The standard InChI is InChI=1S/C15H9F3O/c16-12-7-14(18)13(17)6-11(12)8-2-1-3-10-9(8)4-5-15(10)19/h1-3,6-7H,4-5H2. The first kappa shape index (κ1) is 12.0. The van der Waals surface area contributed by atoms with Gasteiger partial charge in [-0.1, -0.05) is 18.2 Å². The van der Waals surface area contributed by atoms with Crippen LogP contribution in [0, 0.1) is 17.5 Å². The van der Waals surface area contributed by atoms with Crippen molar-refractivity contribution in [1.82, 2.24) is 0 Å². The van der Waals surface area contributed by atoms with E-state index in [1.165, 1.54) is 0 Å². The second-order valence-corrected chi connectivity index (χ2v) is 4.50. The normalized spacial score (nSPS) is 13.7. The molecular formula is C15H9F3O. The summed E-state index contributed by atoms with van der Waals surface area (Å²) in [5, 5.41) is 0. The van der Waals surface area contributed by atoms with Crippen LogP contribution in [0.25, 0.3) is 11.1 Å². The van der Waals surface area contributed by atoms with Gasteiger partial charge in [-0.05, 0) is 23.6 Å². The van der Waals surface area contributed by atoms with E-state index in [0.29, 0.717) is 35.6 Å². The highest BCUT2D eigenvalue weighted by Gasteiger charge is 2.24. The molecule has 0 radical (unpaired) electrons. The van der Waals surface area contributed by atoms with Gasteiger partial charge in [0.05, 0.1) is 0 Å². The lowest BCUT2D eigenvalue weighted by Gasteiger charge is -2.09. The zero-order valence-corrected chi connectivity index (χ0v) is 9.84. The zero-order valence-electron chi connectivity index (χ0n) is 9.84. The molecule has 0 spiro atoms. The third-order valence-corrected chi connectivity index (χ3v) is 3.38. The summed E-state index contributed by atoms with van der Waals surface area (Å²) in [5.74, 6) is -3.14. The number of ketones is 1. The number of carbonyl (C=O) groups excluding carboxylic acids is 1. The van der Waals surface area contributed by atoms with Gasteiger partial charge in [-0.25, -0.2) is 13.2 Å². The summed E-state index contributed by atoms with van der Waals surface area (Å²) in [4.78, 5) is 11.6. The van der Waals surface area contributed by atoms with E-state index in [1.807, 2.05) is 0 Å². The van der Waals surface area contributed by atoms with Gasteiger partial charge >= 0.3 is 0 Å². The molecule has 0 fully saturated rings. The Morgan fingerprint density at radius 3 is 2.26 bits per heavy atom. The molecule has 2 aromatic carbocycles. The Balaban J connectivity index is 2.24. The lowest BCUT2D eigenvalue weighted by molar-refractivity contribution is 0.0994. The lowest BCUT2D eigenvalue weighted by Crippen LogP contribution is -1.96. The number of halogens is 3. The molecule has 0 bridgehead atoms. The average molecular weight is 262 g/mol. The first-order chi connectivity index (χ1) is 9.08. The third kappa shape index (κ3) is 1.84. The molecule has 1 nitrogen and oxygen atoms in total. The number of benzene rings is 2. The van der Waals surface area contributed by atoms with Crippen molar-refractivity contribution in [2.45, 2.75) is 12.8 Å². The Labute approximate surface area is 107 Å². The maximum absolute atomic E-state index is 13.8. The van der Waals surface area contributed by atoms with E-state index in [2.05, 4.69) is 0 Å². The van der Waals surface area contributed by atoms with E-state index >= 15 is 0 Å². The van der Waals surface area contributed by atoms with Crippen LogP contribution in [-0.2, 0) is 6.42 Å². The number of rotatable bonds is 1. The van der Waals surface area contributed by atoms with Crippen molar-refractivity contribution in [3.05, 3.63) is 58.9 Å². The highest BCUT2D eigenvalue weighted by Crippen LogP contribution is 2.34. The summed E-state index contributed by atoms with van der Waals surface area (Å²) in [7, 11) is 0. The number of fused-ring (bicyclic) bond motifs is 1. The second kappa shape index (κ2) is 4.23. The predicted octanol–water partition coefficient (Wildman–Crippen LogP) is 3.90. The van der Waals surface area contributed by atoms with Crippen molar-refractivity contribution >= 4 is 5.78 Å². The first-order valence-electron chi connectivity index (χ1n) is 5.88. The largest absolute Gasteiger partial charge is 0.294 e. The molecule has 1 aliphatic rings. The minimum atomic E-state index is -1.22. The van der Waals surface area contributed by atoms with Gasteiger partial charge in [-0.3, -0.25) is 4.79 Å². The van der Waals surface area contributed by atoms with Gasteiger partial charge < -0.3 is 0 Å². The quantitative estimate of drug-likeness (QED) is 0.712. The Morgan fingerprint density at radius 1 is 0.789 bits per heavy atom. The van der Waals surface area contributed by atoms with Crippen LogP contribution >= 0.6 is 0 Å². The van der Waals surface area contributed by atoms with E-state index in [1.54, 1.807) is 18.2 Å². The summed E-state index contributed by atoms with van der Waals surface area (Å²) >= 11 is 0. The molecule has 0 saturated heterocycles. The maximum Gasteiger partial charge on any atom is 0.163 e. The van der Waals surface area contributed by atoms with Crippen molar-refractivity contribution in [1.29, 1.82) is 0 Å². The van der Waals surface area contributed by atoms with Gasteiger partial charge in [0.2, 0.25) is 0 Å². The van der Waals surface area contributed by atoms with E-state index in [9.17, 15) is 18.0 Å². The van der Waals surface area contributed by atoms with Crippen molar-refractivity contribution in [2.75, 3.05) is 0 Å². The molecule has 0 saturated carbocycles. The summed E-state index contributed by atoms with van der Waals surface area (Å²) in [6, 6.07) is 6.28. The summed E-state index contributed by atoms with van der Waals surface area (Å²) in [6.45, 7) is 0. The van der Waals surface area contributed by atoms with Crippen LogP contribution in [-0.4, -0.2) is 5.78 Å². The number of hydrogen-bond acceptors (Lipinski definition) is 1. The third-order valence-electron chi connectivity index (χ3n) is 3.38. The van der Waals surface area contributed by atoms with Crippen molar-refractivity contribution < 1.29 is 18.0 Å². The molecule has 0 amide bonds. The Bertz CT molecular complexity index is 692. The Morgan fingerprint density at radius 2 is 1.47 bits per heavy atom. The van der Waals surface area contributed by atoms with Crippen LogP contribution in [0.1, 0.15) is 22.3 Å². The maximum atomic E-state index is 13.8. The first-order valence-corrected chi connectivity index (χ1v) is 5.88. The van der Waals surface area contributed by atoms with Crippen LogP contribution in [0.4, 0.5) is 13.2 Å². The van der Waals surface area contributed by atoms with E-state index in [-0.39, 0.29) is 11.3 Å². The minimum Gasteiger partial charge on any atom is -0.294 e. The number of hydrogen-bond donors (Lipinski definition) is 0. The summed E-state index contributed by atoms with van der Waals surface area (Å²) in [6.07, 6.45) is 0.875. The van der Waals surface area contributed by atoms with Gasteiger partial charge in [-0.2, -0.15) is 0 Å². The van der Waals surface area contributed by atoms with Gasteiger partial charge in [0.1, 0.15) is 5.82 Å². The topological polar surface area (TPSA) is 17.1 Å². The van der Waals surface area contributed by atoms with E-state index in [4.69, 9.17) is 0 Å². The fourth-order valence-electron chi connectivity index (χ4n) is 2.47. The minimum absolute atomic E-state index is 0.000146. The van der Waals surface area contributed by atoms with Gasteiger partial charge in [0, 0.05) is 23.6 Å². The fraction of sp³-hybridized carbons (Fsp3) is 0.133. The molecular weight excluding hydrogens is 253 g/mol. The molecule has 96 valence electrons. The SMILES string of the molecule is O=C1CCc2c1cccc2-c1cc(F)c(F)cc1F. The summed E-state index contributed by atoms with van der Waals surface area (Å²) in [5.41, 5.74) is 1.70. The highest BCUT2D eigenvalue weighted by atomic mass is 19.2. The van der Waals surface area contributed by atoms with Crippen LogP contribution in [0.3, 0.4) is 0 Å². The molecule has 19 heavy (non-hydrogen) atoms. The molecule has 0 heterocycles. The van der Waals surface area contributed by atoms with Gasteiger partial charge in [0.25, 0.3) is 0 Å². The molecule has 0 aromatic heterocycles. The smallest absolute Gasteiger partial charge is 0.163 e. The van der Waals surface area contributed by atoms with Crippen molar-refractivity contribution in [3.63, 3.8) is 0 Å². The zero-order chi connectivity index (χ0) is 13.6. The Kier molecular flexibility index (Phi) is 2.66. The van der Waals surface area contributed by atoms with Crippen LogP contribution < -0.4 is 0 Å². The van der Waals surface area contributed by atoms with Gasteiger partial charge in [0.15, 0.2) is 17.4 Å². The van der Waals surface area contributed by atoms with Crippen molar-refractivity contribution in [3.8, 4) is 11.1 Å². The molecule has 0 unspecified atom stereocenters. The molecule has 0 N–H and O–H groups in total. The predicted molar refractivity (Wildman–Crippen MR) is 64.4 cm³/mol. The molecule has 0 aliphatic heterocycles. The van der Waals surface area contributed by atoms with Crippen LogP contribution in [0.15, 0.2) is 30.3 Å². The monoisotopic (exact) mass is 262 g/mol. The van der Waals surface area contributed by atoms with E-state index in [0.717, 1.165) is 6.07 Å². The molecule has 3 rings (SSSR count).